The first kappa shape index (κ1) is 16.1. The topological polar surface area (TPSA) is 49.4 Å². The molecule has 0 fully saturated rings. The quantitative estimate of drug-likeness (QED) is 0.864. The summed E-state index contributed by atoms with van der Waals surface area (Å²) in [5.74, 6) is -0.104. The van der Waals surface area contributed by atoms with Gasteiger partial charge in [-0.3, -0.25) is 9.59 Å². The van der Waals surface area contributed by atoms with Crippen molar-refractivity contribution in [3.05, 3.63) is 58.4 Å². The van der Waals surface area contributed by atoms with Crippen LogP contribution < -0.4 is 10.2 Å². The van der Waals surface area contributed by atoms with Gasteiger partial charge in [0.1, 0.15) is 5.78 Å². The summed E-state index contributed by atoms with van der Waals surface area (Å²) in [4.78, 5) is 28.7. The van der Waals surface area contributed by atoms with E-state index >= 15 is 0 Å². The van der Waals surface area contributed by atoms with Crippen LogP contribution in [0.1, 0.15) is 37.1 Å². The zero-order valence-electron chi connectivity index (χ0n) is 14.1. The third kappa shape index (κ3) is 2.68. The molecule has 4 rings (SSSR count). The fourth-order valence-electron chi connectivity index (χ4n) is 3.76. The Morgan fingerprint density at radius 1 is 1.28 bits per heavy atom. The highest BCUT2D eigenvalue weighted by atomic mass is 32.1. The Morgan fingerprint density at radius 2 is 2.12 bits per heavy atom. The highest BCUT2D eigenvalue weighted by molar-refractivity contribution is 7.10. The molecule has 25 heavy (non-hydrogen) atoms. The van der Waals surface area contributed by atoms with Crippen LogP contribution in [0.5, 0.6) is 0 Å². The summed E-state index contributed by atoms with van der Waals surface area (Å²) in [6.07, 6.45) is 3.79. The number of ketones is 1. The Balaban J connectivity index is 1.97. The molecule has 128 valence electrons. The Hall–Kier alpha value is -2.40. The van der Waals surface area contributed by atoms with Crippen LogP contribution in [0.4, 0.5) is 11.4 Å². The van der Waals surface area contributed by atoms with Crippen LogP contribution in [0, 0.1) is 5.92 Å². The van der Waals surface area contributed by atoms with Crippen molar-refractivity contribution in [1.29, 1.82) is 0 Å². The molecule has 2 heterocycles. The zero-order valence-corrected chi connectivity index (χ0v) is 14.9. The molecule has 0 bridgehead atoms. The Labute approximate surface area is 151 Å². The number of hydrogen-bond donors (Lipinski definition) is 1. The van der Waals surface area contributed by atoms with E-state index in [1.807, 2.05) is 53.6 Å². The van der Waals surface area contributed by atoms with Crippen LogP contribution in [0.25, 0.3) is 0 Å². The molecule has 2 aromatic rings. The molecule has 0 unspecified atom stereocenters. The molecule has 1 N–H and O–H groups in total. The van der Waals surface area contributed by atoms with E-state index < -0.39 is 0 Å². The van der Waals surface area contributed by atoms with Gasteiger partial charge >= 0.3 is 0 Å². The summed E-state index contributed by atoms with van der Waals surface area (Å²) in [7, 11) is 0. The smallest absolute Gasteiger partial charge is 0.227 e. The van der Waals surface area contributed by atoms with E-state index in [2.05, 4.69) is 11.4 Å². The second kappa shape index (κ2) is 6.48. The average molecular weight is 352 g/mol. The number of thiophene rings is 1. The fraction of sp³-hybridized carbons (Fsp3) is 0.300. The Bertz CT molecular complexity index is 841. The molecule has 1 amide bonds. The number of fused-ring (bicyclic) bond motifs is 2. The number of hydrogen-bond acceptors (Lipinski definition) is 4. The number of allylic oxidation sites excluding steroid dienone is 1. The SMILES string of the molecule is CCC(=O)N1c2ccccc2NC2=CCCC(=O)[C@H]2[C@H]1c1cccs1. The molecule has 5 heteroatoms. The van der Waals surface area contributed by atoms with Crippen molar-refractivity contribution in [2.24, 2.45) is 5.92 Å². The Kier molecular flexibility index (Phi) is 4.17. The van der Waals surface area contributed by atoms with Gasteiger partial charge in [0, 0.05) is 23.4 Å². The minimum atomic E-state index is -0.338. The number of carbonyl (C=O) groups is 2. The number of nitrogens with one attached hydrogen (secondary N) is 1. The van der Waals surface area contributed by atoms with Gasteiger partial charge < -0.3 is 10.2 Å². The van der Waals surface area contributed by atoms with Gasteiger partial charge in [0.2, 0.25) is 5.91 Å². The van der Waals surface area contributed by atoms with Gasteiger partial charge in [-0.15, -0.1) is 11.3 Å². The average Bonchev–Trinajstić information content (AvgIpc) is 3.10. The number of rotatable bonds is 2. The van der Waals surface area contributed by atoms with Gasteiger partial charge in [0.15, 0.2) is 0 Å². The lowest BCUT2D eigenvalue weighted by Crippen LogP contribution is -2.41. The number of para-hydroxylation sites is 2. The predicted octanol–water partition coefficient (Wildman–Crippen LogP) is 4.52. The van der Waals surface area contributed by atoms with Crippen LogP contribution in [-0.4, -0.2) is 11.7 Å². The van der Waals surface area contributed by atoms with Crippen molar-refractivity contribution in [3.63, 3.8) is 0 Å². The van der Waals surface area contributed by atoms with Crippen molar-refractivity contribution in [1.82, 2.24) is 0 Å². The molecular weight excluding hydrogens is 332 g/mol. The monoisotopic (exact) mass is 352 g/mol. The summed E-state index contributed by atoms with van der Waals surface area (Å²) in [6, 6.07) is 11.5. The van der Waals surface area contributed by atoms with Crippen molar-refractivity contribution < 1.29 is 9.59 Å². The number of carbonyl (C=O) groups excluding carboxylic acids is 2. The van der Waals surface area contributed by atoms with Gasteiger partial charge in [0.25, 0.3) is 0 Å². The van der Waals surface area contributed by atoms with Crippen molar-refractivity contribution >= 4 is 34.4 Å². The third-order valence-electron chi connectivity index (χ3n) is 4.88. The Morgan fingerprint density at radius 3 is 2.88 bits per heavy atom. The van der Waals surface area contributed by atoms with Crippen LogP contribution in [0.3, 0.4) is 0 Å². The first-order chi connectivity index (χ1) is 12.2. The molecule has 0 spiro atoms. The molecular formula is C20H20N2O2S. The van der Waals surface area contributed by atoms with E-state index in [0.717, 1.165) is 28.4 Å². The maximum Gasteiger partial charge on any atom is 0.227 e. The zero-order chi connectivity index (χ0) is 17.4. The van der Waals surface area contributed by atoms with E-state index in [0.29, 0.717) is 12.8 Å². The number of amides is 1. The van der Waals surface area contributed by atoms with Gasteiger partial charge in [0.05, 0.1) is 23.3 Å². The standard InChI is InChI=1S/C20H20N2O2S/c1-2-18(24)22-15-9-4-3-7-13(15)21-14-8-5-10-16(23)19(14)20(22)17-11-6-12-25-17/h3-4,6-9,11-12,19-21H,2,5,10H2,1H3/t19-,20+/m0/s1. The van der Waals surface area contributed by atoms with Crippen LogP contribution in [0.2, 0.25) is 0 Å². The normalized spacial score (nSPS) is 22.4. The summed E-state index contributed by atoms with van der Waals surface area (Å²) in [5.41, 5.74) is 2.65. The fourth-order valence-corrected chi connectivity index (χ4v) is 4.61. The summed E-state index contributed by atoms with van der Waals surface area (Å²) < 4.78 is 0. The predicted molar refractivity (Wildman–Crippen MR) is 101 cm³/mol. The number of Topliss-reactive ketones (excluding diaryl/α,β-unsaturated/α-hetero) is 1. The maximum absolute atomic E-state index is 12.9. The number of nitrogens with zero attached hydrogens (tertiary/aromatic N) is 1. The van der Waals surface area contributed by atoms with E-state index in [9.17, 15) is 9.59 Å². The second-order valence-corrected chi connectivity index (χ2v) is 7.34. The first-order valence-electron chi connectivity index (χ1n) is 8.65. The summed E-state index contributed by atoms with van der Waals surface area (Å²) >= 11 is 1.60. The molecule has 2 atom stereocenters. The van der Waals surface area contributed by atoms with Gasteiger partial charge in [-0.1, -0.05) is 31.2 Å². The van der Waals surface area contributed by atoms with Gasteiger partial charge in [-0.2, -0.15) is 0 Å². The molecule has 4 nitrogen and oxygen atoms in total. The van der Waals surface area contributed by atoms with E-state index in [1.165, 1.54) is 0 Å². The highest BCUT2D eigenvalue weighted by Crippen LogP contribution is 2.47. The largest absolute Gasteiger partial charge is 0.357 e. The molecule has 0 radical (unpaired) electrons. The summed E-state index contributed by atoms with van der Waals surface area (Å²) in [6.45, 7) is 1.87. The van der Waals surface area contributed by atoms with E-state index in [-0.39, 0.29) is 23.7 Å². The van der Waals surface area contributed by atoms with E-state index in [4.69, 9.17) is 0 Å². The second-order valence-electron chi connectivity index (χ2n) is 6.36. The lowest BCUT2D eigenvalue weighted by atomic mass is 9.83. The van der Waals surface area contributed by atoms with Crippen molar-refractivity contribution in [2.45, 2.75) is 32.2 Å². The molecule has 2 aliphatic rings. The minimum Gasteiger partial charge on any atom is -0.357 e. The summed E-state index contributed by atoms with van der Waals surface area (Å²) in [5, 5.41) is 5.45. The number of benzene rings is 1. The third-order valence-corrected chi connectivity index (χ3v) is 5.82. The molecule has 1 aliphatic carbocycles. The highest BCUT2D eigenvalue weighted by Gasteiger charge is 2.43. The number of anilines is 2. The minimum absolute atomic E-state index is 0.0345. The van der Waals surface area contributed by atoms with Crippen molar-refractivity contribution in [2.75, 3.05) is 10.2 Å². The molecule has 1 aromatic carbocycles. The molecule has 1 aliphatic heterocycles. The lowest BCUT2D eigenvalue weighted by molar-refractivity contribution is -0.123. The van der Waals surface area contributed by atoms with Crippen LogP contribution >= 0.6 is 11.3 Å². The molecule has 0 saturated heterocycles. The van der Waals surface area contributed by atoms with Gasteiger partial charge in [-0.05, 0) is 30.0 Å². The van der Waals surface area contributed by atoms with Crippen LogP contribution in [0.15, 0.2) is 53.6 Å². The van der Waals surface area contributed by atoms with Crippen molar-refractivity contribution in [3.8, 4) is 0 Å². The van der Waals surface area contributed by atoms with Gasteiger partial charge in [-0.25, -0.2) is 0 Å². The van der Waals surface area contributed by atoms with E-state index in [1.54, 1.807) is 11.3 Å². The lowest BCUT2D eigenvalue weighted by Gasteiger charge is -2.35. The maximum atomic E-state index is 12.9. The first-order valence-corrected chi connectivity index (χ1v) is 9.53. The molecule has 1 aromatic heterocycles. The molecule has 0 saturated carbocycles. The van der Waals surface area contributed by atoms with Crippen LogP contribution in [-0.2, 0) is 9.59 Å².